The average molecular weight is 378 g/mol. The van der Waals surface area contributed by atoms with Crippen LogP contribution in [0.4, 0.5) is 22.0 Å². The van der Waals surface area contributed by atoms with Crippen LogP contribution in [-0.2, 0) is 14.9 Å². The van der Waals surface area contributed by atoms with Crippen molar-refractivity contribution in [3.63, 3.8) is 0 Å². The molecule has 0 amide bonds. The van der Waals surface area contributed by atoms with E-state index < -0.39 is 29.7 Å². The van der Waals surface area contributed by atoms with E-state index in [1.54, 1.807) is 6.07 Å². The third kappa shape index (κ3) is 3.68. The molecule has 0 saturated heterocycles. The molecule has 0 aromatic heterocycles. The smallest absolute Gasteiger partial charge is 0.457 e. The second-order valence-corrected chi connectivity index (χ2v) is 6.94. The van der Waals surface area contributed by atoms with E-state index in [2.05, 4.69) is 4.74 Å². The summed E-state index contributed by atoms with van der Waals surface area (Å²) in [4.78, 5) is 11.9. The first-order chi connectivity index (χ1) is 11.8. The Balaban J connectivity index is 2.58. The van der Waals surface area contributed by atoms with Gasteiger partial charge >= 0.3 is 18.1 Å². The molecule has 1 atom stereocenters. The molecule has 1 heterocycles. The third-order valence-corrected chi connectivity index (χ3v) is 3.94. The predicted molar refractivity (Wildman–Crippen MR) is 85.2 cm³/mol. The Morgan fingerprint density at radius 1 is 1.15 bits per heavy atom. The van der Waals surface area contributed by atoms with Gasteiger partial charge in [-0.15, -0.1) is 0 Å². The summed E-state index contributed by atoms with van der Waals surface area (Å²) in [5.74, 6) is -6.67. The molecule has 144 valence electrons. The van der Waals surface area contributed by atoms with E-state index in [-0.39, 0.29) is 23.3 Å². The number of benzene rings is 1. The van der Waals surface area contributed by atoms with E-state index in [9.17, 15) is 26.7 Å². The number of alkyl halides is 5. The summed E-state index contributed by atoms with van der Waals surface area (Å²) in [6.45, 7) is 6.83. The van der Waals surface area contributed by atoms with Crippen LogP contribution < -0.4 is 4.74 Å². The van der Waals surface area contributed by atoms with E-state index in [4.69, 9.17) is 4.74 Å². The monoisotopic (exact) mass is 378 g/mol. The summed E-state index contributed by atoms with van der Waals surface area (Å²) in [5.41, 5.74) is -0.315. The SMILES string of the molecule is CCOC(=O)C1=Cc2ccc(C(C)(C)C)cc2OC1C(F)(F)C(F)(F)F. The lowest BCUT2D eigenvalue weighted by Gasteiger charge is -2.33. The van der Waals surface area contributed by atoms with Gasteiger partial charge in [-0.25, -0.2) is 4.79 Å². The Morgan fingerprint density at radius 2 is 1.77 bits per heavy atom. The average Bonchev–Trinajstić information content (AvgIpc) is 2.51. The Morgan fingerprint density at radius 3 is 2.27 bits per heavy atom. The molecule has 3 nitrogen and oxygen atoms in total. The van der Waals surface area contributed by atoms with Crippen LogP contribution in [0.3, 0.4) is 0 Å². The van der Waals surface area contributed by atoms with E-state index in [1.807, 2.05) is 20.8 Å². The van der Waals surface area contributed by atoms with Gasteiger partial charge in [0.15, 0.2) is 0 Å². The maximum absolute atomic E-state index is 14.0. The normalized spacial score (nSPS) is 17.9. The Labute approximate surface area is 147 Å². The summed E-state index contributed by atoms with van der Waals surface area (Å²) < 4.78 is 76.2. The quantitative estimate of drug-likeness (QED) is 0.555. The number of esters is 1. The minimum Gasteiger partial charge on any atom is -0.478 e. The largest absolute Gasteiger partial charge is 0.478 e. The van der Waals surface area contributed by atoms with E-state index in [0.717, 1.165) is 6.08 Å². The fraction of sp³-hybridized carbons (Fsp3) is 0.500. The summed E-state index contributed by atoms with van der Waals surface area (Å²) in [7, 11) is 0. The molecule has 1 aromatic carbocycles. The first-order valence-electron chi connectivity index (χ1n) is 7.93. The van der Waals surface area contributed by atoms with Crippen LogP contribution in [-0.4, -0.2) is 30.8 Å². The van der Waals surface area contributed by atoms with Gasteiger partial charge < -0.3 is 9.47 Å². The molecule has 0 N–H and O–H groups in total. The van der Waals surface area contributed by atoms with Crippen molar-refractivity contribution in [2.24, 2.45) is 0 Å². The summed E-state index contributed by atoms with van der Waals surface area (Å²) in [6, 6.07) is 4.62. The van der Waals surface area contributed by atoms with E-state index in [0.29, 0.717) is 5.56 Å². The molecule has 1 aliphatic rings. The van der Waals surface area contributed by atoms with Gasteiger partial charge in [-0.3, -0.25) is 0 Å². The van der Waals surface area contributed by atoms with Crippen molar-refractivity contribution < 1.29 is 36.2 Å². The molecular formula is C18H19F5O3. The number of ether oxygens (including phenoxy) is 2. The number of rotatable bonds is 3. The Hall–Kier alpha value is -2.12. The van der Waals surface area contributed by atoms with Crippen molar-refractivity contribution in [2.75, 3.05) is 6.61 Å². The molecule has 0 saturated carbocycles. The number of hydrogen-bond donors (Lipinski definition) is 0. The second-order valence-electron chi connectivity index (χ2n) is 6.94. The highest BCUT2D eigenvalue weighted by Crippen LogP contribution is 2.45. The van der Waals surface area contributed by atoms with Gasteiger partial charge in [0, 0.05) is 5.56 Å². The zero-order valence-electron chi connectivity index (χ0n) is 14.7. The van der Waals surface area contributed by atoms with Gasteiger partial charge in [-0.2, -0.15) is 22.0 Å². The van der Waals surface area contributed by atoms with Gasteiger partial charge in [0.2, 0.25) is 6.10 Å². The predicted octanol–water partition coefficient (Wildman–Crippen LogP) is 4.89. The zero-order valence-corrected chi connectivity index (χ0v) is 14.7. The van der Waals surface area contributed by atoms with Crippen LogP contribution >= 0.6 is 0 Å². The van der Waals surface area contributed by atoms with Gasteiger partial charge in [0.25, 0.3) is 0 Å². The van der Waals surface area contributed by atoms with Crippen LogP contribution in [0.5, 0.6) is 5.75 Å². The molecule has 0 radical (unpaired) electrons. The third-order valence-electron chi connectivity index (χ3n) is 3.94. The molecular weight excluding hydrogens is 359 g/mol. The maximum Gasteiger partial charge on any atom is 0.457 e. The molecule has 0 spiro atoms. The van der Waals surface area contributed by atoms with Crippen LogP contribution in [0.2, 0.25) is 0 Å². The fourth-order valence-electron chi connectivity index (χ4n) is 2.45. The molecule has 0 fully saturated rings. The molecule has 0 aliphatic carbocycles. The fourth-order valence-corrected chi connectivity index (χ4v) is 2.45. The van der Waals surface area contributed by atoms with Gasteiger partial charge in [-0.1, -0.05) is 32.9 Å². The van der Waals surface area contributed by atoms with Crippen LogP contribution in [0.15, 0.2) is 23.8 Å². The first kappa shape index (κ1) is 20.2. The van der Waals surface area contributed by atoms with Crippen LogP contribution in [0, 0.1) is 0 Å². The second kappa shape index (κ2) is 6.55. The minimum absolute atomic E-state index is 0.139. The zero-order chi connectivity index (χ0) is 19.9. The summed E-state index contributed by atoms with van der Waals surface area (Å²) in [6.07, 6.45) is -7.74. The van der Waals surface area contributed by atoms with Crippen molar-refractivity contribution in [3.05, 3.63) is 34.9 Å². The van der Waals surface area contributed by atoms with Gasteiger partial charge in [0.1, 0.15) is 5.75 Å². The molecule has 1 aliphatic heterocycles. The topological polar surface area (TPSA) is 35.5 Å². The molecule has 2 rings (SSSR count). The number of hydrogen-bond acceptors (Lipinski definition) is 3. The minimum atomic E-state index is -5.89. The highest BCUT2D eigenvalue weighted by Gasteiger charge is 2.66. The van der Waals surface area contributed by atoms with Gasteiger partial charge in [0.05, 0.1) is 12.2 Å². The lowest BCUT2D eigenvalue weighted by Crippen LogP contribution is -2.52. The number of halogens is 5. The maximum atomic E-state index is 14.0. The Kier molecular flexibility index (Phi) is 5.09. The van der Waals surface area contributed by atoms with Crippen LogP contribution in [0.1, 0.15) is 38.8 Å². The van der Waals surface area contributed by atoms with Gasteiger partial charge in [-0.05, 0) is 30.0 Å². The lowest BCUT2D eigenvalue weighted by atomic mass is 9.85. The number of carbonyl (C=O) groups excluding carboxylic acids is 1. The van der Waals surface area contributed by atoms with E-state index in [1.165, 1.54) is 19.1 Å². The lowest BCUT2D eigenvalue weighted by molar-refractivity contribution is -0.303. The van der Waals surface area contributed by atoms with Crippen molar-refractivity contribution >= 4 is 12.0 Å². The number of fused-ring (bicyclic) bond motifs is 1. The molecule has 1 aromatic rings. The highest BCUT2D eigenvalue weighted by molar-refractivity contribution is 5.96. The molecule has 26 heavy (non-hydrogen) atoms. The summed E-state index contributed by atoms with van der Waals surface area (Å²) in [5, 5.41) is 0. The van der Waals surface area contributed by atoms with Crippen molar-refractivity contribution in [2.45, 2.75) is 51.3 Å². The summed E-state index contributed by atoms with van der Waals surface area (Å²) >= 11 is 0. The number of carbonyl (C=O) groups is 1. The van der Waals surface area contributed by atoms with Crippen LogP contribution in [0.25, 0.3) is 6.08 Å². The molecule has 8 heteroatoms. The van der Waals surface area contributed by atoms with Crippen molar-refractivity contribution in [1.82, 2.24) is 0 Å². The van der Waals surface area contributed by atoms with Crippen molar-refractivity contribution in [1.29, 1.82) is 0 Å². The standard InChI is InChI=1S/C18H19F5O3/c1-5-25-15(24)12-8-10-6-7-11(16(2,3)4)9-13(10)26-14(12)17(19,20)18(21,22)23/h6-9,14H,5H2,1-4H3. The van der Waals surface area contributed by atoms with Crippen molar-refractivity contribution in [3.8, 4) is 5.75 Å². The molecule has 1 unspecified atom stereocenters. The first-order valence-corrected chi connectivity index (χ1v) is 7.93. The molecule has 0 bridgehead atoms. The Bertz CT molecular complexity index is 729. The highest BCUT2D eigenvalue weighted by atomic mass is 19.4. The van der Waals surface area contributed by atoms with E-state index >= 15 is 0 Å².